The molecule has 108 valence electrons. The zero-order valence-electron chi connectivity index (χ0n) is 12.8. The molecule has 0 aliphatic carbocycles. The molecule has 1 N–H and O–H groups in total. The number of nitrogens with zero attached hydrogens (tertiary/aromatic N) is 1. The number of hydrogen-bond acceptors (Lipinski definition) is 3. The Labute approximate surface area is 119 Å². The third-order valence-corrected chi connectivity index (χ3v) is 3.72. The lowest BCUT2D eigenvalue weighted by Gasteiger charge is -2.15. The topological polar surface area (TPSA) is 45.5 Å². The summed E-state index contributed by atoms with van der Waals surface area (Å²) >= 11 is 0. The van der Waals surface area contributed by atoms with Crippen LogP contribution in [0.3, 0.4) is 0 Å². The van der Waals surface area contributed by atoms with Gasteiger partial charge in [0, 0.05) is 31.1 Å². The van der Waals surface area contributed by atoms with Gasteiger partial charge in [-0.1, -0.05) is 12.1 Å². The van der Waals surface area contributed by atoms with E-state index in [1.54, 1.807) is 11.9 Å². The zero-order chi connectivity index (χ0) is 14.9. The Hall–Kier alpha value is -1.81. The van der Waals surface area contributed by atoms with Gasteiger partial charge in [0.15, 0.2) is 5.76 Å². The van der Waals surface area contributed by atoms with Gasteiger partial charge in [0.2, 0.25) is 0 Å². The SMILES string of the molecule is CNCCN(C)C(=O)c1oc2c(C)ccc(C)c2c1C. The summed E-state index contributed by atoms with van der Waals surface area (Å²) in [6.45, 7) is 7.42. The number of fused-ring (bicyclic) bond motifs is 1. The minimum absolute atomic E-state index is 0.0623. The quantitative estimate of drug-likeness (QED) is 0.932. The van der Waals surface area contributed by atoms with Crippen molar-refractivity contribution in [3.05, 3.63) is 34.6 Å². The Kier molecular flexibility index (Phi) is 4.14. The van der Waals surface area contributed by atoms with Crippen LogP contribution < -0.4 is 5.32 Å². The number of amides is 1. The Morgan fingerprint density at radius 3 is 2.50 bits per heavy atom. The summed E-state index contributed by atoms with van der Waals surface area (Å²) in [5.41, 5.74) is 3.96. The largest absolute Gasteiger partial charge is 0.450 e. The van der Waals surface area contributed by atoms with E-state index >= 15 is 0 Å². The zero-order valence-corrected chi connectivity index (χ0v) is 12.8. The highest BCUT2D eigenvalue weighted by atomic mass is 16.3. The first-order chi connectivity index (χ1) is 9.47. The molecule has 0 aliphatic rings. The molecule has 1 aromatic carbocycles. The molecule has 0 unspecified atom stereocenters. The third-order valence-electron chi connectivity index (χ3n) is 3.72. The van der Waals surface area contributed by atoms with E-state index in [0.717, 1.165) is 34.2 Å². The van der Waals surface area contributed by atoms with Gasteiger partial charge in [-0.05, 0) is 38.9 Å². The van der Waals surface area contributed by atoms with E-state index in [1.807, 2.05) is 33.9 Å². The molecular formula is C16H22N2O2. The lowest BCUT2D eigenvalue weighted by atomic mass is 10.0. The molecule has 0 spiro atoms. The Balaban J connectivity index is 2.45. The highest BCUT2D eigenvalue weighted by Gasteiger charge is 2.22. The maximum atomic E-state index is 12.5. The van der Waals surface area contributed by atoms with Crippen molar-refractivity contribution in [2.24, 2.45) is 0 Å². The van der Waals surface area contributed by atoms with Gasteiger partial charge in [-0.25, -0.2) is 0 Å². The number of likely N-dealkylation sites (N-methyl/N-ethyl adjacent to an activating group) is 2. The van der Waals surface area contributed by atoms with Crippen molar-refractivity contribution in [1.29, 1.82) is 0 Å². The number of nitrogens with one attached hydrogen (secondary N) is 1. The molecule has 4 heteroatoms. The maximum absolute atomic E-state index is 12.5. The summed E-state index contributed by atoms with van der Waals surface area (Å²) in [5.74, 6) is 0.392. The Morgan fingerprint density at radius 1 is 1.25 bits per heavy atom. The van der Waals surface area contributed by atoms with Crippen LogP contribution in [-0.2, 0) is 0 Å². The fourth-order valence-corrected chi connectivity index (χ4v) is 2.43. The van der Waals surface area contributed by atoms with Crippen molar-refractivity contribution < 1.29 is 9.21 Å². The molecule has 2 aromatic rings. The summed E-state index contributed by atoms with van der Waals surface area (Å²) in [6, 6.07) is 4.10. The average Bonchev–Trinajstić information content (AvgIpc) is 2.78. The van der Waals surface area contributed by atoms with Crippen LogP contribution in [0.2, 0.25) is 0 Å². The highest BCUT2D eigenvalue weighted by molar-refractivity contribution is 6.00. The summed E-state index contributed by atoms with van der Waals surface area (Å²) in [7, 11) is 3.67. The summed E-state index contributed by atoms with van der Waals surface area (Å²) in [5, 5.41) is 4.11. The van der Waals surface area contributed by atoms with Crippen LogP contribution >= 0.6 is 0 Å². The molecule has 1 amide bonds. The summed E-state index contributed by atoms with van der Waals surface area (Å²) < 4.78 is 5.86. The van der Waals surface area contributed by atoms with Gasteiger partial charge in [-0.2, -0.15) is 0 Å². The van der Waals surface area contributed by atoms with E-state index in [9.17, 15) is 4.79 Å². The van der Waals surface area contributed by atoms with E-state index in [-0.39, 0.29) is 5.91 Å². The molecule has 0 radical (unpaired) electrons. The second-order valence-electron chi connectivity index (χ2n) is 5.29. The van der Waals surface area contributed by atoms with Gasteiger partial charge in [0.25, 0.3) is 5.91 Å². The van der Waals surface area contributed by atoms with Crippen molar-refractivity contribution >= 4 is 16.9 Å². The van der Waals surface area contributed by atoms with Crippen molar-refractivity contribution in [3.63, 3.8) is 0 Å². The van der Waals surface area contributed by atoms with Gasteiger partial charge in [-0.15, -0.1) is 0 Å². The first kappa shape index (κ1) is 14.6. The Bertz CT molecular complexity index is 643. The number of furan rings is 1. The standard InChI is InChI=1S/C16H22N2O2/c1-10-6-7-11(2)14-13(10)12(3)15(20-14)16(19)18(5)9-8-17-4/h6-7,17H,8-9H2,1-5H3. The van der Waals surface area contributed by atoms with Crippen LogP contribution in [0.25, 0.3) is 11.0 Å². The first-order valence-electron chi connectivity index (χ1n) is 6.86. The van der Waals surface area contributed by atoms with Gasteiger partial charge >= 0.3 is 0 Å². The maximum Gasteiger partial charge on any atom is 0.289 e. The fourth-order valence-electron chi connectivity index (χ4n) is 2.43. The minimum Gasteiger partial charge on any atom is -0.450 e. The van der Waals surface area contributed by atoms with E-state index in [4.69, 9.17) is 4.42 Å². The number of rotatable bonds is 4. The lowest BCUT2D eigenvalue weighted by molar-refractivity contribution is 0.0767. The number of benzene rings is 1. The second-order valence-corrected chi connectivity index (χ2v) is 5.29. The summed E-state index contributed by atoms with van der Waals surface area (Å²) in [4.78, 5) is 14.2. The molecule has 0 fully saturated rings. The molecular weight excluding hydrogens is 252 g/mol. The van der Waals surface area contributed by atoms with Gasteiger partial charge in [0.05, 0.1) is 0 Å². The van der Waals surface area contributed by atoms with Crippen molar-refractivity contribution in [2.45, 2.75) is 20.8 Å². The average molecular weight is 274 g/mol. The molecule has 1 aromatic heterocycles. The fraction of sp³-hybridized carbons (Fsp3) is 0.438. The number of carbonyl (C=O) groups is 1. The highest BCUT2D eigenvalue weighted by Crippen LogP contribution is 2.31. The molecule has 0 saturated carbocycles. The molecule has 1 heterocycles. The van der Waals surface area contributed by atoms with Crippen molar-refractivity contribution in [3.8, 4) is 0 Å². The third kappa shape index (κ3) is 2.43. The van der Waals surface area contributed by atoms with Crippen LogP contribution in [-0.4, -0.2) is 38.0 Å². The van der Waals surface area contributed by atoms with Crippen molar-refractivity contribution in [2.75, 3.05) is 27.2 Å². The molecule has 0 bridgehead atoms. The normalized spacial score (nSPS) is 11.1. The molecule has 2 rings (SSSR count). The molecule has 20 heavy (non-hydrogen) atoms. The van der Waals surface area contributed by atoms with E-state index in [1.165, 1.54) is 0 Å². The monoisotopic (exact) mass is 274 g/mol. The smallest absolute Gasteiger partial charge is 0.289 e. The number of carbonyl (C=O) groups excluding carboxylic acids is 1. The van der Waals surface area contributed by atoms with Gasteiger partial charge in [0.1, 0.15) is 5.58 Å². The van der Waals surface area contributed by atoms with E-state index in [0.29, 0.717) is 12.3 Å². The molecule has 0 saturated heterocycles. The van der Waals surface area contributed by atoms with Gasteiger partial charge < -0.3 is 14.6 Å². The predicted octanol–water partition coefficient (Wildman–Crippen LogP) is 2.65. The van der Waals surface area contributed by atoms with Crippen LogP contribution in [0, 0.1) is 20.8 Å². The van der Waals surface area contributed by atoms with Crippen molar-refractivity contribution in [1.82, 2.24) is 10.2 Å². The van der Waals surface area contributed by atoms with E-state index < -0.39 is 0 Å². The lowest BCUT2D eigenvalue weighted by Crippen LogP contribution is -2.32. The minimum atomic E-state index is -0.0623. The van der Waals surface area contributed by atoms with Gasteiger partial charge in [-0.3, -0.25) is 4.79 Å². The second kappa shape index (κ2) is 5.67. The van der Waals surface area contributed by atoms with Crippen LogP contribution in [0.1, 0.15) is 27.2 Å². The predicted molar refractivity (Wildman–Crippen MR) is 81.3 cm³/mol. The van der Waals surface area contributed by atoms with E-state index in [2.05, 4.69) is 11.4 Å². The van der Waals surface area contributed by atoms with Crippen LogP contribution in [0.4, 0.5) is 0 Å². The number of hydrogen-bond donors (Lipinski definition) is 1. The summed E-state index contributed by atoms with van der Waals surface area (Å²) in [6.07, 6.45) is 0. The van der Waals surface area contributed by atoms with Crippen LogP contribution in [0.5, 0.6) is 0 Å². The molecule has 0 atom stereocenters. The number of aryl methyl sites for hydroxylation is 3. The molecule has 0 aliphatic heterocycles. The molecule has 4 nitrogen and oxygen atoms in total. The Morgan fingerprint density at radius 2 is 1.90 bits per heavy atom. The van der Waals surface area contributed by atoms with Crippen LogP contribution in [0.15, 0.2) is 16.5 Å². The first-order valence-corrected chi connectivity index (χ1v) is 6.86.